The van der Waals surface area contributed by atoms with Gasteiger partial charge in [0.25, 0.3) is 0 Å². The third kappa shape index (κ3) is 3.80. The number of aliphatic hydroxyl groups is 1. The van der Waals surface area contributed by atoms with Crippen molar-refractivity contribution in [2.45, 2.75) is 58.1 Å². The maximum atomic E-state index is 9.53. The lowest BCUT2D eigenvalue weighted by Gasteiger charge is -2.18. The number of aromatic nitrogens is 2. The molecule has 1 fully saturated rings. The number of hydrogen-bond acceptors (Lipinski definition) is 3. The van der Waals surface area contributed by atoms with Crippen molar-refractivity contribution in [2.24, 2.45) is 13.0 Å². The fourth-order valence-electron chi connectivity index (χ4n) is 2.94. The topological polar surface area (TPSA) is 50.1 Å². The van der Waals surface area contributed by atoms with Gasteiger partial charge in [-0.05, 0) is 31.7 Å². The molecule has 2 N–H and O–H groups in total. The molecule has 0 amide bonds. The minimum atomic E-state index is -0.0738. The van der Waals surface area contributed by atoms with Crippen LogP contribution < -0.4 is 5.32 Å². The molecule has 0 spiro atoms. The smallest absolute Gasteiger partial charge is 0.0722 e. The molecule has 1 aromatic heterocycles. The van der Waals surface area contributed by atoms with Gasteiger partial charge in [0.05, 0.1) is 11.8 Å². The van der Waals surface area contributed by atoms with Crippen LogP contribution in [0.2, 0.25) is 0 Å². The molecule has 4 nitrogen and oxygen atoms in total. The SMILES string of the molecule is Cn1cc(CNCC2CCC(O)C2)c(C(C)(C)C)n1. The van der Waals surface area contributed by atoms with Gasteiger partial charge in [-0.3, -0.25) is 4.68 Å². The van der Waals surface area contributed by atoms with Gasteiger partial charge in [-0.25, -0.2) is 0 Å². The Morgan fingerprint density at radius 1 is 1.42 bits per heavy atom. The summed E-state index contributed by atoms with van der Waals surface area (Å²) in [7, 11) is 1.98. The number of hydrogen-bond donors (Lipinski definition) is 2. The molecule has 108 valence electrons. The Bertz CT molecular complexity index is 420. The molecular weight excluding hydrogens is 238 g/mol. The van der Waals surface area contributed by atoms with E-state index < -0.39 is 0 Å². The van der Waals surface area contributed by atoms with Crippen LogP contribution in [0.25, 0.3) is 0 Å². The number of rotatable bonds is 4. The van der Waals surface area contributed by atoms with E-state index in [4.69, 9.17) is 0 Å². The van der Waals surface area contributed by atoms with E-state index in [0.29, 0.717) is 5.92 Å². The summed E-state index contributed by atoms with van der Waals surface area (Å²) in [4.78, 5) is 0. The first-order valence-corrected chi connectivity index (χ1v) is 7.28. The molecule has 2 rings (SSSR count). The van der Waals surface area contributed by atoms with Crippen LogP contribution in [0, 0.1) is 5.92 Å². The molecule has 0 saturated heterocycles. The van der Waals surface area contributed by atoms with E-state index in [0.717, 1.165) is 32.4 Å². The van der Waals surface area contributed by atoms with Crippen LogP contribution in [0.15, 0.2) is 6.20 Å². The number of aliphatic hydroxyl groups excluding tert-OH is 1. The molecule has 1 saturated carbocycles. The monoisotopic (exact) mass is 265 g/mol. The first-order valence-electron chi connectivity index (χ1n) is 7.28. The Hall–Kier alpha value is -0.870. The molecule has 1 aliphatic rings. The molecule has 19 heavy (non-hydrogen) atoms. The predicted molar refractivity (Wildman–Crippen MR) is 77.0 cm³/mol. The highest BCUT2D eigenvalue weighted by atomic mass is 16.3. The molecule has 1 heterocycles. The number of nitrogens with zero attached hydrogens (tertiary/aromatic N) is 2. The van der Waals surface area contributed by atoms with Gasteiger partial charge in [-0.2, -0.15) is 5.10 Å². The van der Waals surface area contributed by atoms with Crippen molar-refractivity contribution in [1.29, 1.82) is 0 Å². The van der Waals surface area contributed by atoms with Crippen LogP contribution in [0.4, 0.5) is 0 Å². The van der Waals surface area contributed by atoms with Gasteiger partial charge >= 0.3 is 0 Å². The molecule has 4 heteroatoms. The predicted octanol–water partition coefficient (Wildman–Crippen LogP) is 1.97. The Morgan fingerprint density at radius 3 is 2.74 bits per heavy atom. The first kappa shape index (κ1) is 14.5. The normalized spacial score (nSPS) is 24.1. The van der Waals surface area contributed by atoms with Gasteiger partial charge < -0.3 is 10.4 Å². The largest absolute Gasteiger partial charge is 0.393 e. The lowest BCUT2D eigenvalue weighted by atomic mass is 9.89. The van der Waals surface area contributed by atoms with Crippen molar-refractivity contribution in [3.63, 3.8) is 0 Å². The lowest BCUT2D eigenvalue weighted by molar-refractivity contribution is 0.177. The number of aryl methyl sites for hydroxylation is 1. The zero-order chi connectivity index (χ0) is 14.0. The third-order valence-corrected chi connectivity index (χ3v) is 3.88. The quantitative estimate of drug-likeness (QED) is 0.875. The van der Waals surface area contributed by atoms with Crippen molar-refractivity contribution in [2.75, 3.05) is 6.54 Å². The molecule has 0 aliphatic heterocycles. The van der Waals surface area contributed by atoms with Gasteiger partial charge in [0.15, 0.2) is 0 Å². The van der Waals surface area contributed by atoms with Gasteiger partial charge in [-0.1, -0.05) is 20.8 Å². The summed E-state index contributed by atoms with van der Waals surface area (Å²) in [5, 5.41) is 17.6. The minimum Gasteiger partial charge on any atom is -0.393 e. The summed E-state index contributed by atoms with van der Waals surface area (Å²) in [6.07, 6.45) is 5.10. The van der Waals surface area contributed by atoms with Gasteiger partial charge in [-0.15, -0.1) is 0 Å². The second-order valence-corrected chi connectivity index (χ2v) is 6.89. The summed E-state index contributed by atoms with van der Waals surface area (Å²) in [6, 6.07) is 0. The highest BCUT2D eigenvalue weighted by molar-refractivity contribution is 5.23. The molecule has 0 radical (unpaired) electrons. The average molecular weight is 265 g/mol. The van der Waals surface area contributed by atoms with Crippen LogP contribution in [-0.4, -0.2) is 27.5 Å². The van der Waals surface area contributed by atoms with Crippen LogP contribution in [0.1, 0.15) is 51.3 Å². The van der Waals surface area contributed by atoms with E-state index in [9.17, 15) is 5.11 Å². The molecule has 2 unspecified atom stereocenters. The van der Waals surface area contributed by atoms with Gasteiger partial charge in [0.2, 0.25) is 0 Å². The highest BCUT2D eigenvalue weighted by Gasteiger charge is 2.24. The van der Waals surface area contributed by atoms with Crippen molar-refractivity contribution >= 4 is 0 Å². The molecule has 0 aromatic carbocycles. The van der Waals surface area contributed by atoms with Crippen LogP contribution in [0.5, 0.6) is 0 Å². The Morgan fingerprint density at radius 2 is 2.16 bits per heavy atom. The third-order valence-electron chi connectivity index (χ3n) is 3.88. The molecule has 0 bridgehead atoms. The van der Waals surface area contributed by atoms with E-state index in [1.807, 2.05) is 11.7 Å². The van der Waals surface area contributed by atoms with Crippen molar-refractivity contribution in [3.8, 4) is 0 Å². The molecule has 1 aliphatic carbocycles. The van der Waals surface area contributed by atoms with Crippen molar-refractivity contribution in [1.82, 2.24) is 15.1 Å². The standard InChI is InChI=1S/C15H27N3O/c1-15(2,3)14-12(10-18(4)17-14)9-16-8-11-5-6-13(19)7-11/h10-11,13,16,19H,5-9H2,1-4H3. The van der Waals surface area contributed by atoms with E-state index in [1.54, 1.807) is 0 Å². The van der Waals surface area contributed by atoms with Gasteiger partial charge in [0.1, 0.15) is 0 Å². The summed E-state index contributed by atoms with van der Waals surface area (Å²) >= 11 is 0. The van der Waals surface area contributed by atoms with Crippen molar-refractivity contribution < 1.29 is 5.11 Å². The molecular formula is C15H27N3O. The Kier molecular flexibility index (Phi) is 4.31. The molecule has 2 atom stereocenters. The van der Waals surface area contributed by atoms with Crippen LogP contribution in [0.3, 0.4) is 0 Å². The Labute approximate surface area is 116 Å². The van der Waals surface area contributed by atoms with Crippen LogP contribution in [-0.2, 0) is 19.0 Å². The van der Waals surface area contributed by atoms with Crippen LogP contribution >= 0.6 is 0 Å². The van der Waals surface area contributed by atoms with E-state index in [2.05, 4.69) is 37.4 Å². The summed E-state index contributed by atoms with van der Waals surface area (Å²) in [5.41, 5.74) is 2.55. The maximum absolute atomic E-state index is 9.53. The van der Waals surface area contributed by atoms with Crippen molar-refractivity contribution in [3.05, 3.63) is 17.5 Å². The number of nitrogens with one attached hydrogen (secondary N) is 1. The lowest BCUT2D eigenvalue weighted by Crippen LogP contribution is -2.23. The van der Waals surface area contributed by atoms with E-state index in [1.165, 1.54) is 11.3 Å². The minimum absolute atomic E-state index is 0.0738. The fourth-order valence-corrected chi connectivity index (χ4v) is 2.94. The summed E-state index contributed by atoms with van der Waals surface area (Å²) in [6.45, 7) is 8.47. The highest BCUT2D eigenvalue weighted by Crippen LogP contribution is 2.26. The molecule has 1 aromatic rings. The second kappa shape index (κ2) is 5.63. The first-order chi connectivity index (χ1) is 8.86. The van der Waals surface area contributed by atoms with E-state index >= 15 is 0 Å². The van der Waals surface area contributed by atoms with E-state index in [-0.39, 0.29) is 11.5 Å². The second-order valence-electron chi connectivity index (χ2n) is 6.89. The summed E-state index contributed by atoms with van der Waals surface area (Å²) in [5.74, 6) is 0.629. The average Bonchev–Trinajstić information content (AvgIpc) is 2.85. The zero-order valence-corrected chi connectivity index (χ0v) is 12.6. The fraction of sp³-hybridized carbons (Fsp3) is 0.800. The van der Waals surface area contributed by atoms with Gasteiger partial charge in [0, 0.05) is 30.8 Å². The zero-order valence-electron chi connectivity index (χ0n) is 12.6. The Balaban J connectivity index is 1.89. The maximum Gasteiger partial charge on any atom is 0.0722 e. The summed E-state index contributed by atoms with van der Waals surface area (Å²) < 4.78 is 1.90.